The molecule has 1 aromatic carbocycles. The van der Waals surface area contributed by atoms with E-state index in [1.165, 1.54) is 4.57 Å². The molecular formula is C12H12ClIN2O. The van der Waals surface area contributed by atoms with Crippen LogP contribution in [-0.2, 0) is 5.54 Å². The number of benzene rings is 1. The maximum absolute atomic E-state index is 12.4. The minimum Gasteiger partial charge on any atom is -0.277 e. The van der Waals surface area contributed by atoms with E-state index in [2.05, 4.69) is 27.6 Å². The Morgan fingerprint density at radius 1 is 1.35 bits per heavy atom. The summed E-state index contributed by atoms with van der Waals surface area (Å²) in [6.07, 6.45) is 0. The van der Waals surface area contributed by atoms with E-state index in [1.807, 2.05) is 39.0 Å². The summed E-state index contributed by atoms with van der Waals surface area (Å²) in [6, 6.07) is 5.56. The van der Waals surface area contributed by atoms with E-state index in [0.29, 0.717) is 10.9 Å². The summed E-state index contributed by atoms with van der Waals surface area (Å²) in [5.74, 6) is 0. The van der Waals surface area contributed by atoms with Gasteiger partial charge in [0.05, 0.1) is 10.9 Å². The number of fused-ring (bicyclic) bond motifs is 1. The van der Waals surface area contributed by atoms with Crippen LogP contribution in [0.1, 0.15) is 20.8 Å². The van der Waals surface area contributed by atoms with Gasteiger partial charge in [-0.15, -0.1) is 0 Å². The van der Waals surface area contributed by atoms with Crippen LogP contribution in [0.4, 0.5) is 0 Å². The van der Waals surface area contributed by atoms with Gasteiger partial charge in [-0.1, -0.05) is 0 Å². The van der Waals surface area contributed by atoms with Crippen molar-refractivity contribution < 1.29 is 0 Å². The summed E-state index contributed by atoms with van der Waals surface area (Å²) in [6.45, 7) is 5.80. The summed E-state index contributed by atoms with van der Waals surface area (Å²) < 4.78 is 2.53. The summed E-state index contributed by atoms with van der Waals surface area (Å²) in [5.41, 5.74) is 0.170. The van der Waals surface area contributed by atoms with Gasteiger partial charge in [-0.3, -0.25) is 9.36 Å². The standard InChI is InChI=1S/C12H12ClIN2O/c1-12(2,3)16-10(17)8-6-7(14)4-5-9(8)15-11(16)13/h4-6H,1-3H3. The Bertz CT molecular complexity index is 643. The van der Waals surface area contributed by atoms with E-state index in [0.717, 1.165) is 3.57 Å². The Labute approximate surface area is 118 Å². The third-order valence-electron chi connectivity index (χ3n) is 2.46. The van der Waals surface area contributed by atoms with Crippen molar-refractivity contribution in [2.24, 2.45) is 0 Å². The lowest BCUT2D eigenvalue weighted by Crippen LogP contribution is -2.35. The van der Waals surface area contributed by atoms with E-state index in [1.54, 1.807) is 0 Å². The molecule has 17 heavy (non-hydrogen) atoms. The number of hydrogen-bond acceptors (Lipinski definition) is 2. The second kappa shape index (κ2) is 4.24. The van der Waals surface area contributed by atoms with Crippen molar-refractivity contribution in [2.45, 2.75) is 26.3 Å². The normalized spacial score (nSPS) is 12.1. The molecule has 3 nitrogen and oxygen atoms in total. The highest BCUT2D eigenvalue weighted by molar-refractivity contribution is 14.1. The Hall–Kier alpha value is -0.620. The second-order valence-electron chi connectivity index (χ2n) is 4.85. The molecular weight excluding hydrogens is 351 g/mol. The molecule has 0 aliphatic heterocycles. The highest BCUT2D eigenvalue weighted by Crippen LogP contribution is 2.20. The van der Waals surface area contributed by atoms with Gasteiger partial charge in [-0.25, -0.2) is 4.98 Å². The number of hydrogen-bond donors (Lipinski definition) is 0. The van der Waals surface area contributed by atoms with Crippen LogP contribution in [0.15, 0.2) is 23.0 Å². The zero-order chi connectivity index (χ0) is 12.8. The first-order chi connectivity index (χ1) is 7.80. The molecule has 2 rings (SSSR count). The van der Waals surface area contributed by atoms with Gasteiger partial charge in [0.1, 0.15) is 0 Å². The molecule has 0 atom stereocenters. The van der Waals surface area contributed by atoms with Gasteiger partial charge in [0.25, 0.3) is 5.56 Å². The quantitative estimate of drug-likeness (QED) is 0.532. The predicted molar refractivity (Wildman–Crippen MR) is 78.7 cm³/mol. The molecule has 0 unspecified atom stereocenters. The third kappa shape index (κ3) is 2.33. The van der Waals surface area contributed by atoms with E-state index in [4.69, 9.17) is 11.6 Å². The highest BCUT2D eigenvalue weighted by Gasteiger charge is 2.20. The van der Waals surface area contributed by atoms with Crippen molar-refractivity contribution in [1.29, 1.82) is 0 Å². The molecule has 0 aliphatic rings. The molecule has 0 spiro atoms. The largest absolute Gasteiger partial charge is 0.277 e. The van der Waals surface area contributed by atoms with Gasteiger partial charge >= 0.3 is 0 Å². The van der Waals surface area contributed by atoms with Gasteiger partial charge in [-0.2, -0.15) is 0 Å². The topological polar surface area (TPSA) is 34.9 Å². The predicted octanol–water partition coefficient (Wildman–Crippen LogP) is 3.41. The summed E-state index contributed by atoms with van der Waals surface area (Å²) >= 11 is 8.26. The zero-order valence-electron chi connectivity index (χ0n) is 9.79. The van der Waals surface area contributed by atoms with Gasteiger partial charge in [0.15, 0.2) is 0 Å². The molecule has 1 heterocycles. The molecule has 0 N–H and O–H groups in total. The Morgan fingerprint density at radius 2 is 2.00 bits per heavy atom. The average molecular weight is 363 g/mol. The van der Waals surface area contributed by atoms with Crippen LogP contribution in [0, 0.1) is 3.57 Å². The zero-order valence-corrected chi connectivity index (χ0v) is 12.7. The van der Waals surface area contributed by atoms with Crippen molar-refractivity contribution in [3.05, 3.63) is 37.4 Å². The fraction of sp³-hybridized carbons (Fsp3) is 0.333. The van der Waals surface area contributed by atoms with Gasteiger partial charge in [0, 0.05) is 9.11 Å². The van der Waals surface area contributed by atoms with Crippen LogP contribution in [0.25, 0.3) is 10.9 Å². The van der Waals surface area contributed by atoms with Crippen LogP contribution >= 0.6 is 34.2 Å². The summed E-state index contributed by atoms with van der Waals surface area (Å²) in [7, 11) is 0. The molecule has 5 heteroatoms. The molecule has 0 amide bonds. The Morgan fingerprint density at radius 3 is 2.59 bits per heavy atom. The molecule has 0 fully saturated rings. The van der Waals surface area contributed by atoms with Gasteiger partial charge < -0.3 is 0 Å². The maximum Gasteiger partial charge on any atom is 0.262 e. The summed E-state index contributed by atoms with van der Waals surface area (Å²) in [4.78, 5) is 16.7. The first-order valence-electron chi connectivity index (χ1n) is 5.19. The van der Waals surface area contributed by atoms with E-state index in [-0.39, 0.29) is 16.4 Å². The first-order valence-corrected chi connectivity index (χ1v) is 6.64. The minimum atomic E-state index is -0.378. The first kappa shape index (κ1) is 12.8. The monoisotopic (exact) mass is 362 g/mol. The van der Waals surface area contributed by atoms with Crippen LogP contribution in [0.3, 0.4) is 0 Å². The lowest BCUT2D eigenvalue weighted by Gasteiger charge is -2.23. The van der Waals surface area contributed by atoms with E-state index < -0.39 is 0 Å². The second-order valence-corrected chi connectivity index (χ2v) is 6.44. The van der Waals surface area contributed by atoms with Crippen LogP contribution < -0.4 is 5.56 Å². The molecule has 0 bridgehead atoms. The summed E-state index contributed by atoms with van der Waals surface area (Å²) in [5, 5.41) is 0.840. The number of halogens is 2. The Kier molecular flexibility index (Phi) is 3.20. The fourth-order valence-corrected chi connectivity index (χ4v) is 2.62. The molecule has 0 radical (unpaired) electrons. The lowest BCUT2D eigenvalue weighted by atomic mass is 10.1. The molecule has 0 saturated carbocycles. The van der Waals surface area contributed by atoms with Crippen LogP contribution in [0.5, 0.6) is 0 Å². The minimum absolute atomic E-state index is 0.0917. The smallest absolute Gasteiger partial charge is 0.262 e. The maximum atomic E-state index is 12.4. The number of rotatable bonds is 0. The third-order valence-corrected chi connectivity index (χ3v) is 3.38. The number of nitrogens with zero attached hydrogens (tertiary/aromatic N) is 2. The van der Waals surface area contributed by atoms with Gasteiger partial charge in [0.2, 0.25) is 5.28 Å². The van der Waals surface area contributed by atoms with Crippen molar-refractivity contribution in [2.75, 3.05) is 0 Å². The molecule has 0 aliphatic carbocycles. The van der Waals surface area contributed by atoms with Crippen molar-refractivity contribution >= 4 is 45.1 Å². The van der Waals surface area contributed by atoms with Crippen molar-refractivity contribution in [1.82, 2.24) is 9.55 Å². The average Bonchev–Trinajstić information content (AvgIpc) is 2.17. The van der Waals surface area contributed by atoms with Crippen molar-refractivity contribution in [3.63, 3.8) is 0 Å². The fourth-order valence-electron chi connectivity index (χ4n) is 1.71. The molecule has 90 valence electrons. The lowest BCUT2D eigenvalue weighted by molar-refractivity contribution is 0.382. The van der Waals surface area contributed by atoms with Crippen LogP contribution in [0.2, 0.25) is 5.28 Å². The SMILES string of the molecule is CC(C)(C)n1c(Cl)nc2ccc(I)cc2c1=O. The van der Waals surface area contributed by atoms with Crippen LogP contribution in [-0.4, -0.2) is 9.55 Å². The number of aromatic nitrogens is 2. The molecule has 1 aromatic heterocycles. The molecule has 0 saturated heterocycles. The highest BCUT2D eigenvalue weighted by atomic mass is 127. The van der Waals surface area contributed by atoms with E-state index >= 15 is 0 Å². The Balaban J connectivity index is 2.93. The van der Waals surface area contributed by atoms with Crippen molar-refractivity contribution in [3.8, 4) is 0 Å². The van der Waals surface area contributed by atoms with Gasteiger partial charge in [-0.05, 0) is 73.2 Å². The molecule has 2 aromatic rings. The van der Waals surface area contributed by atoms with E-state index in [9.17, 15) is 4.79 Å².